The Labute approximate surface area is 135 Å². The number of carbonyl (C=O) groups excluding carboxylic acids is 1. The number of fused-ring (bicyclic) bond motifs is 1. The number of aromatic amines is 1. The van der Waals surface area contributed by atoms with E-state index >= 15 is 0 Å². The molecule has 1 heterocycles. The molecule has 23 heavy (non-hydrogen) atoms. The van der Waals surface area contributed by atoms with Crippen molar-refractivity contribution in [3.63, 3.8) is 0 Å². The summed E-state index contributed by atoms with van der Waals surface area (Å²) in [5.41, 5.74) is 1.71. The lowest BCUT2D eigenvalue weighted by Gasteiger charge is -2.24. The fourth-order valence-corrected chi connectivity index (χ4v) is 2.95. The number of nitrogens with zero attached hydrogens (tertiary/aromatic N) is 1. The molecule has 126 valence electrons. The number of amides is 1. The van der Waals surface area contributed by atoms with Gasteiger partial charge in [-0.05, 0) is 43.2 Å². The number of carbonyl (C=O) groups is 2. The third-order valence-corrected chi connectivity index (χ3v) is 4.04. The average molecular weight is 320 g/mol. The summed E-state index contributed by atoms with van der Waals surface area (Å²) >= 11 is 0. The molecule has 2 rings (SSSR count). The van der Waals surface area contributed by atoms with Crippen LogP contribution in [0.3, 0.4) is 0 Å². The van der Waals surface area contributed by atoms with Gasteiger partial charge in [-0.3, -0.25) is 14.4 Å². The molecule has 1 aromatic heterocycles. The summed E-state index contributed by atoms with van der Waals surface area (Å²) in [5, 5.41) is 8.86. The van der Waals surface area contributed by atoms with E-state index in [1.54, 1.807) is 6.07 Å². The Balaban J connectivity index is 2.27. The van der Waals surface area contributed by atoms with Gasteiger partial charge in [0.05, 0.1) is 6.42 Å². The molecule has 1 amide bonds. The molecular formula is C17H24N2O4. The van der Waals surface area contributed by atoms with Crippen molar-refractivity contribution >= 4 is 11.9 Å². The standard InChI is InChI=1S/C17H24N2O4/c1-11(2)10-19(8-7-15(20)21)17(23)13-9-12-5-3-4-6-14(12)18-16(13)22/h9,11H,3-8,10H2,1-2H3,(H,18,22)(H,20,21). The third kappa shape index (κ3) is 4.43. The highest BCUT2D eigenvalue weighted by Crippen LogP contribution is 2.19. The number of hydrogen-bond donors (Lipinski definition) is 2. The first-order valence-electron chi connectivity index (χ1n) is 8.14. The van der Waals surface area contributed by atoms with Crippen LogP contribution in [0.1, 0.15) is 54.7 Å². The minimum Gasteiger partial charge on any atom is -0.481 e. The van der Waals surface area contributed by atoms with Crippen LogP contribution in [0.15, 0.2) is 10.9 Å². The molecule has 1 aliphatic carbocycles. The number of carboxylic acids is 1. The zero-order valence-electron chi connectivity index (χ0n) is 13.7. The van der Waals surface area contributed by atoms with E-state index in [4.69, 9.17) is 5.11 Å². The van der Waals surface area contributed by atoms with Crippen LogP contribution in [0.5, 0.6) is 0 Å². The van der Waals surface area contributed by atoms with Crippen molar-refractivity contribution in [2.24, 2.45) is 5.92 Å². The van der Waals surface area contributed by atoms with Gasteiger partial charge in [0.2, 0.25) is 0 Å². The van der Waals surface area contributed by atoms with Crippen molar-refractivity contribution < 1.29 is 14.7 Å². The molecule has 6 heteroatoms. The minimum atomic E-state index is -0.953. The van der Waals surface area contributed by atoms with E-state index in [2.05, 4.69) is 4.98 Å². The van der Waals surface area contributed by atoms with Crippen molar-refractivity contribution in [2.75, 3.05) is 13.1 Å². The van der Waals surface area contributed by atoms with E-state index in [9.17, 15) is 14.4 Å². The summed E-state index contributed by atoms with van der Waals surface area (Å²) < 4.78 is 0. The van der Waals surface area contributed by atoms with Crippen LogP contribution in [0.2, 0.25) is 0 Å². The molecule has 0 atom stereocenters. The van der Waals surface area contributed by atoms with Crippen molar-refractivity contribution in [3.8, 4) is 0 Å². The second-order valence-electron chi connectivity index (χ2n) is 6.51. The highest BCUT2D eigenvalue weighted by atomic mass is 16.4. The van der Waals surface area contributed by atoms with E-state index in [0.717, 1.165) is 36.9 Å². The highest BCUT2D eigenvalue weighted by molar-refractivity contribution is 5.94. The quantitative estimate of drug-likeness (QED) is 0.836. The van der Waals surface area contributed by atoms with E-state index in [-0.39, 0.29) is 35.9 Å². The number of carboxylic acid groups (broad SMARTS) is 1. The molecule has 0 saturated carbocycles. The predicted molar refractivity (Wildman–Crippen MR) is 86.7 cm³/mol. The molecule has 0 radical (unpaired) electrons. The number of H-pyrrole nitrogens is 1. The largest absolute Gasteiger partial charge is 0.481 e. The maximum Gasteiger partial charge on any atom is 0.305 e. The normalized spacial score (nSPS) is 13.7. The zero-order chi connectivity index (χ0) is 17.0. The molecule has 1 aliphatic rings. The first-order chi connectivity index (χ1) is 10.9. The van der Waals surface area contributed by atoms with Crippen molar-refractivity contribution in [1.82, 2.24) is 9.88 Å². The number of pyridine rings is 1. The Kier molecular flexibility index (Phi) is 5.58. The molecule has 6 nitrogen and oxygen atoms in total. The summed E-state index contributed by atoms with van der Waals surface area (Å²) in [6.45, 7) is 4.46. The van der Waals surface area contributed by atoms with Gasteiger partial charge in [-0.1, -0.05) is 13.8 Å². The fourth-order valence-electron chi connectivity index (χ4n) is 2.95. The molecule has 0 spiro atoms. The van der Waals surface area contributed by atoms with Gasteiger partial charge in [0.1, 0.15) is 5.56 Å². The molecule has 0 bridgehead atoms. The van der Waals surface area contributed by atoms with Crippen LogP contribution in [0.4, 0.5) is 0 Å². The second kappa shape index (κ2) is 7.44. The van der Waals surface area contributed by atoms with Gasteiger partial charge in [0.25, 0.3) is 11.5 Å². The molecule has 0 fully saturated rings. The number of rotatable bonds is 6. The topological polar surface area (TPSA) is 90.5 Å². The van der Waals surface area contributed by atoms with Crippen LogP contribution >= 0.6 is 0 Å². The number of aliphatic carboxylic acids is 1. The summed E-state index contributed by atoms with van der Waals surface area (Å²) in [4.78, 5) is 40.1. The van der Waals surface area contributed by atoms with Gasteiger partial charge in [-0.25, -0.2) is 0 Å². The minimum absolute atomic E-state index is 0.114. The van der Waals surface area contributed by atoms with Crippen molar-refractivity contribution in [3.05, 3.63) is 33.2 Å². The van der Waals surface area contributed by atoms with E-state index < -0.39 is 5.97 Å². The number of hydrogen-bond acceptors (Lipinski definition) is 3. The van der Waals surface area contributed by atoms with Crippen LogP contribution in [0, 0.1) is 5.92 Å². The Morgan fingerprint density at radius 2 is 2.00 bits per heavy atom. The summed E-state index contributed by atoms with van der Waals surface area (Å²) in [6, 6.07) is 1.70. The van der Waals surface area contributed by atoms with Crippen molar-refractivity contribution in [1.29, 1.82) is 0 Å². The third-order valence-electron chi connectivity index (χ3n) is 4.04. The summed E-state index contributed by atoms with van der Waals surface area (Å²) in [6.07, 6.45) is 3.69. The Morgan fingerprint density at radius 1 is 1.30 bits per heavy atom. The van der Waals surface area contributed by atoms with Gasteiger partial charge in [0, 0.05) is 18.8 Å². The van der Waals surface area contributed by atoms with Gasteiger partial charge < -0.3 is 15.0 Å². The maximum atomic E-state index is 12.7. The smallest absolute Gasteiger partial charge is 0.305 e. The summed E-state index contributed by atoms with van der Waals surface area (Å²) in [7, 11) is 0. The van der Waals surface area contributed by atoms with Crippen LogP contribution in [-0.4, -0.2) is 40.0 Å². The first-order valence-corrected chi connectivity index (χ1v) is 8.14. The SMILES string of the molecule is CC(C)CN(CCC(=O)O)C(=O)c1cc2c([nH]c1=O)CCCC2. The van der Waals surface area contributed by atoms with Gasteiger partial charge in [-0.15, -0.1) is 0 Å². The molecule has 0 unspecified atom stereocenters. The Bertz CT molecular complexity index is 648. The Hall–Kier alpha value is -2.11. The lowest BCUT2D eigenvalue weighted by molar-refractivity contribution is -0.137. The molecule has 1 aromatic rings. The second-order valence-corrected chi connectivity index (χ2v) is 6.51. The molecule has 0 aromatic carbocycles. The zero-order valence-corrected chi connectivity index (χ0v) is 13.7. The van der Waals surface area contributed by atoms with Gasteiger partial charge >= 0.3 is 5.97 Å². The monoisotopic (exact) mass is 320 g/mol. The Morgan fingerprint density at radius 3 is 2.65 bits per heavy atom. The van der Waals surface area contributed by atoms with Gasteiger partial charge in [-0.2, -0.15) is 0 Å². The molecular weight excluding hydrogens is 296 g/mol. The lowest BCUT2D eigenvalue weighted by atomic mass is 9.95. The summed E-state index contributed by atoms with van der Waals surface area (Å²) in [5.74, 6) is -1.13. The fraction of sp³-hybridized carbons (Fsp3) is 0.588. The average Bonchev–Trinajstić information content (AvgIpc) is 2.49. The van der Waals surface area contributed by atoms with E-state index in [1.165, 1.54) is 4.90 Å². The molecule has 2 N–H and O–H groups in total. The molecule has 0 saturated heterocycles. The number of aryl methyl sites for hydroxylation is 2. The highest BCUT2D eigenvalue weighted by Gasteiger charge is 2.22. The first kappa shape index (κ1) is 17.2. The van der Waals surface area contributed by atoms with E-state index in [1.807, 2.05) is 13.8 Å². The number of aromatic nitrogens is 1. The predicted octanol–water partition coefficient (Wildman–Crippen LogP) is 1.83. The van der Waals surface area contributed by atoms with Gasteiger partial charge in [0.15, 0.2) is 0 Å². The molecule has 0 aliphatic heterocycles. The maximum absolute atomic E-state index is 12.7. The van der Waals surface area contributed by atoms with Crippen molar-refractivity contribution in [2.45, 2.75) is 46.0 Å². The van der Waals surface area contributed by atoms with Crippen LogP contribution < -0.4 is 5.56 Å². The van der Waals surface area contributed by atoms with Crippen LogP contribution in [0.25, 0.3) is 0 Å². The lowest BCUT2D eigenvalue weighted by Crippen LogP contribution is -2.39. The number of nitrogens with one attached hydrogen (secondary N) is 1. The van der Waals surface area contributed by atoms with Crippen LogP contribution in [-0.2, 0) is 17.6 Å². The van der Waals surface area contributed by atoms with E-state index in [0.29, 0.717) is 6.54 Å².